The molecule has 128 valence electrons. The maximum Gasteiger partial charge on any atom is 0.246 e. The van der Waals surface area contributed by atoms with Crippen LogP contribution in [-0.4, -0.2) is 41.5 Å². The summed E-state index contributed by atoms with van der Waals surface area (Å²) >= 11 is 1.63. The maximum atomic E-state index is 13.5. The molecule has 1 aromatic heterocycles. The highest BCUT2D eigenvalue weighted by atomic mass is 32.1. The fraction of sp³-hybridized carbons (Fsp3) is 0.412. The van der Waals surface area contributed by atoms with Gasteiger partial charge >= 0.3 is 0 Å². The van der Waals surface area contributed by atoms with Gasteiger partial charge in [-0.3, -0.25) is 9.69 Å². The molecule has 0 bridgehead atoms. The van der Waals surface area contributed by atoms with Crippen molar-refractivity contribution >= 4 is 22.9 Å². The van der Waals surface area contributed by atoms with E-state index in [1.807, 2.05) is 6.92 Å². The first-order valence-electron chi connectivity index (χ1n) is 7.90. The second-order valence-electron chi connectivity index (χ2n) is 6.12. The molecule has 2 aromatic rings. The monoisotopic (exact) mass is 348 g/mol. The van der Waals surface area contributed by atoms with E-state index < -0.39 is 5.54 Å². The smallest absolute Gasteiger partial charge is 0.246 e. The highest BCUT2D eigenvalue weighted by Crippen LogP contribution is 2.28. The van der Waals surface area contributed by atoms with Crippen molar-refractivity contribution in [1.82, 2.24) is 15.2 Å². The van der Waals surface area contributed by atoms with E-state index in [0.29, 0.717) is 25.2 Å². The van der Waals surface area contributed by atoms with Crippen LogP contribution in [0, 0.1) is 12.7 Å². The van der Waals surface area contributed by atoms with Gasteiger partial charge in [-0.15, -0.1) is 11.3 Å². The minimum absolute atomic E-state index is 0.0799. The van der Waals surface area contributed by atoms with E-state index in [4.69, 9.17) is 0 Å². The Labute approximate surface area is 144 Å². The minimum Gasteiger partial charge on any atom is -0.370 e. The molecule has 1 aromatic carbocycles. The van der Waals surface area contributed by atoms with Crippen LogP contribution in [0.5, 0.6) is 0 Å². The van der Waals surface area contributed by atoms with Crippen LogP contribution in [0.15, 0.2) is 29.6 Å². The second kappa shape index (κ2) is 6.86. The van der Waals surface area contributed by atoms with Crippen molar-refractivity contribution in [2.24, 2.45) is 0 Å². The van der Waals surface area contributed by atoms with E-state index in [2.05, 4.69) is 25.9 Å². The Hall–Kier alpha value is -1.99. The second-order valence-corrected chi connectivity index (χ2v) is 7.18. The zero-order chi connectivity index (χ0) is 17.2. The number of nitrogens with zero attached hydrogens (tertiary/aromatic N) is 2. The number of hydrogen-bond donors (Lipinski definition) is 2. The first-order chi connectivity index (χ1) is 11.5. The van der Waals surface area contributed by atoms with Gasteiger partial charge < -0.3 is 10.6 Å². The Morgan fingerprint density at radius 2 is 2.33 bits per heavy atom. The summed E-state index contributed by atoms with van der Waals surface area (Å²) < 4.78 is 13.5. The Kier molecular flexibility index (Phi) is 4.82. The van der Waals surface area contributed by atoms with E-state index in [0.717, 1.165) is 17.2 Å². The molecule has 2 N–H and O–H groups in total. The zero-order valence-electron chi connectivity index (χ0n) is 13.8. The number of aromatic nitrogens is 1. The Morgan fingerprint density at radius 3 is 3.00 bits per heavy atom. The van der Waals surface area contributed by atoms with Crippen molar-refractivity contribution in [3.05, 3.63) is 46.2 Å². The molecule has 1 saturated heterocycles. The molecule has 0 aliphatic carbocycles. The summed E-state index contributed by atoms with van der Waals surface area (Å²) in [6, 6.07) is 6.22. The number of nitrogens with one attached hydrogen (secondary N) is 2. The molecule has 1 amide bonds. The topological polar surface area (TPSA) is 57.3 Å². The third-order valence-corrected chi connectivity index (χ3v) is 5.09. The van der Waals surface area contributed by atoms with Gasteiger partial charge in [0.25, 0.3) is 0 Å². The third-order valence-electron chi connectivity index (χ3n) is 4.27. The fourth-order valence-corrected chi connectivity index (χ4v) is 3.76. The van der Waals surface area contributed by atoms with Gasteiger partial charge in [-0.25, -0.2) is 9.37 Å². The molecule has 0 saturated carbocycles. The van der Waals surface area contributed by atoms with Crippen LogP contribution in [0.4, 0.5) is 10.1 Å². The van der Waals surface area contributed by atoms with Gasteiger partial charge in [-0.1, -0.05) is 6.07 Å². The predicted octanol–water partition coefficient (Wildman–Crippen LogP) is 2.39. The lowest BCUT2D eigenvalue weighted by molar-refractivity contribution is -0.124. The zero-order valence-corrected chi connectivity index (χ0v) is 14.6. The van der Waals surface area contributed by atoms with Crippen LogP contribution in [0.1, 0.15) is 17.1 Å². The van der Waals surface area contributed by atoms with Gasteiger partial charge in [0.05, 0.1) is 10.7 Å². The average molecular weight is 348 g/mol. The summed E-state index contributed by atoms with van der Waals surface area (Å²) in [5.74, 6) is -0.399. The first-order valence-corrected chi connectivity index (χ1v) is 8.78. The molecular weight excluding hydrogens is 327 g/mol. The molecule has 2 heterocycles. The van der Waals surface area contributed by atoms with Crippen molar-refractivity contribution in [3.63, 3.8) is 0 Å². The number of carbonyl (C=O) groups excluding carboxylic acids is 1. The van der Waals surface area contributed by atoms with Crippen LogP contribution in [0.2, 0.25) is 0 Å². The number of likely N-dealkylation sites (N-methyl/N-ethyl adjacent to an activating group) is 1. The molecule has 1 aliphatic heterocycles. The number of rotatable bonds is 5. The number of benzene rings is 1. The van der Waals surface area contributed by atoms with Crippen molar-refractivity contribution < 1.29 is 9.18 Å². The van der Waals surface area contributed by atoms with Gasteiger partial charge in [0.2, 0.25) is 5.91 Å². The van der Waals surface area contributed by atoms with E-state index in [-0.39, 0.29) is 11.7 Å². The average Bonchev–Trinajstić information content (AvgIpc) is 3.14. The summed E-state index contributed by atoms with van der Waals surface area (Å²) in [6.07, 6.45) is 0.659. The molecule has 1 aliphatic rings. The molecule has 0 radical (unpaired) electrons. The van der Waals surface area contributed by atoms with Crippen molar-refractivity contribution in [3.8, 4) is 0 Å². The number of carbonyl (C=O) groups is 1. The van der Waals surface area contributed by atoms with E-state index in [1.165, 1.54) is 12.1 Å². The Morgan fingerprint density at radius 1 is 1.50 bits per heavy atom. The lowest BCUT2D eigenvalue weighted by atomic mass is 9.96. The number of amides is 1. The van der Waals surface area contributed by atoms with Crippen LogP contribution >= 0.6 is 11.3 Å². The molecule has 7 heteroatoms. The lowest BCUT2D eigenvalue weighted by Crippen LogP contribution is -2.53. The summed E-state index contributed by atoms with van der Waals surface area (Å²) in [7, 11) is 1.63. The first kappa shape index (κ1) is 16.9. The third kappa shape index (κ3) is 3.57. The number of aryl methyl sites for hydroxylation is 1. The summed E-state index contributed by atoms with van der Waals surface area (Å²) in [4.78, 5) is 19.2. The summed E-state index contributed by atoms with van der Waals surface area (Å²) in [5, 5.41) is 9.08. The quantitative estimate of drug-likeness (QED) is 0.871. The van der Waals surface area contributed by atoms with Crippen LogP contribution < -0.4 is 10.6 Å². The van der Waals surface area contributed by atoms with Gasteiger partial charge in [0, 0.05) is 37.7 Å². The summed E-state index contributed by atoms with van der Waals surface area (Å²) in [5.41, 5.74) is 0.883. The number of hydrogen-bond acceptors (Lipinski definition) is 5. The maximum absolute atomic E-state index is 13.5. The SMILES string of the molecule is CNC(=O)C1(Nc2cccc(F)c2)CCN(Cc2csc(C)n2)C1. The number of halogens is 1. The van der Waals surface area contributed by atoms with Gasteiger partial charge in [0.15, 0.2) is 0 Å². The van der Waals surface area contributed by atoms with E-state index in [1.54, 1.807) is 30.5 Å². The van der Waals surface area contributed by atoms with Gasteiger partial charge in [-0.2, -0.15) is 0 Å². The fourth-order valence-electron chi connectivity index (χ4n) is 3.16. The van der Waals surface area contributed by atoms with Crippen molar-refractivity contribution in [2.75, 3.05) is 25.5 Å². The molecule has 1 unspecified atom stereocenters. The highest BCUT2D eigenvalue weighted by Gasteiger charge is 2.44. The standard InChI is InChI=1S/C17H21FN4OS/c1-12-20-15(10-24-12)9-22-7-6-17(11-22,16(23)19-2)21-14-5-3-4-13(18)8-14/h3-5,8,10,21H,6-7,9,11H2,1-2H3,(H,19,23). The highest BCUT2D eigenvalue weighted by molar-refractivity contribution is 7.09. The molecule has 0 spiro atoms. The normalized spacial score (nSPS) is 21.0. The molecular formula is C17H21FN4OS. The largest absolute Gasteiger partial charge is 0.370 e. The molecule has 24 heavy (non-hydrogen) atoms. The Balaban J connectivity index is 1.76. The molecule has 1 atom stereocenters. The van der Waals surface area contributed by atoms with E-state index >= 15 is 0 Å². The van der Waals surface area contributed by atoms with Gasteiger partial charge in [0.1, 0.15) is 11.4 Å². The number of likely N-dealkylation sites (tertiary alicyclic amines) is 1. The van der Waals surface area contributed by atoms with Crippen molar-refractivity contribution in [2.45, 2.75) is 25.4 Å². The van der Waals surface area contributed by atoms with Crippen LogP contribution in [0.3, 0.4) is 0 Å². The van der Waals surface area contributed by atoms with E-state index in [9.17, 15) is 9.18 Å². The van der Waals surface area contributed by atoms with Crippen LogP contribution in [-0.2, 0) is 11.3 Å². The molecule has 5 nitrogen and oxygen atoms in total. The Bertz CT molecular complexity index is 735. The lowest BCUT2D eigenvalue weighted by Gasteiger charge is -2.30. The molecule has 1 fully saturated rings. The van der Waals surface area contributed by atoms with Crippen molar-refractivity contribution in [1.29, 1.82) is 0 Å². The number of thiazole rings is 1. The number of anilines is 1. The minimum atomic E-state index is -0.756. The van der Waals surface area contributed by atoms with Gasteiger partial charge in [-0.05, 0) is 31.5 Å². The summed E-state index contributed by atoms with van der Waals surface area (Å²) in [6.45, 7) is 4.04. The van der Waals surface area contributed by atoms with Crippen LogP contribution in [0.25, 0.3) is 0 Å². The predicted molar refractivity (Wildman–Crippen MR) is 93.6 cm³/mol. The molecule has 3 rings (SSSR count).